The Bertz CT molecular complexity index is 1140. The molecule has 31 heavy (non-hydrogen) atoms. The number of carbonyl (C=O) groups excluding carboxylic acids is 1. The number of aromatic amines is 1. The molecule has 2 aromatic heterocycles. The van der Waals surface area contributed by atoms with Crippen LogP contribution >= 0.6 is 11.9 Å². The zero-order valence-electron chi connectivity index (χ0n) is 17.1. The van der Waals surface area contributed by atoms with Gasteiger partial charge in [0.25, 0.3) is 0 Å². The van der Waals surface area contributed by atoms with E-state index in [0.717, 1.165) is 41.0 Å². The number of anilines is 1. The van der Waals surface area contributed by atoms with Crippen LogP contribution in [-0.2, 0) is 11.3 Å². The number of aryl methyl sites for hydroxylation is 1. The third kappa shape index (κ3) is 4.17. The zero-order valence-corrected chi connectivity index (χ0v) is 17.9. The molecule has 0 spiro atoms. The molecular formula is C21H24N8OS. The Kier molecular flexibility index (Phi) is 5.16. The zero-order chi connectivity index (χ0) is 21.4. The van der Waals surface area contributed by atoms with Crippen molar-refractivity contribution in [3.05, 3.63) is 66.0 Å². The number of amides is 1. The van der Waals surface area contributed by atoms with Crippen LogP contribution in [0.25, 0.3) is 5.82 Å². The van der Waals surface area contributed by atoms with Gasteiger partial charge in [0.1, 0.15) is 11.6 Å². The lowest BCUT2D eigenvalue weighted by molar-refractivity contribution is -0.119. The highest BCUT2D eigenvalue weighted by atomic mass is 32.2. The minimum Gasteiger partial charge on any atom is -0.368 e. The maximum atomic E-state index is 11.5. The highest BCUT2D eigenvalue weighted by Gasteiger charge is 2.29. The molecule has 1 fully saturated rings. The Hall–Kier alpha value is -3.24. The number of hydrogen-bond donors (Lipinski definition) is 4. The van der Waals surface area contributed by atoms with E-state index in [1.54, 1.807) is 18.1 Å². The van der Waals surface area contributed by atoms with Crippen LogP contribution in [-0.4, -0.2) is 42.5 Å². The van der Waals surface area contributed by atoms with Gasteiger partial charge in [-0.15, -0.1) is 0 Å². The summed E-state index contributed by atoms with van der Waals surface area (Å²) in [4.78, 5) is 17.1. The van der Waals surface area contributed by atoms with Gasteiger partial charge in [0.05, 0.1) is 18.8 Å². The summed E-state index contributed by atoms with van der Waals surface area (Å²) in [6, 6.07) is 10.2. The standard InChI is InChI=1S/C21H24N8OS/c1-13-7-18(27-26-13)25-20-12-28(11-19-23-5-6-29(19)20)31-16-4-2-3-14(8-16)15-9-17(21(22)30)24-10-15/h2-8,12,15,17,24H,9-11H2,1H3,(H2,22,30)(H2,25,26,27). The fraction of sp³-hybridized carbons (Fsp3) is 0.286. The first-order chi connectivity index (χ1) is 15.0. The van der Waals surface area contributed by atoms with E-state index in [9.17, 15) is 4.79 Å². The predicted octanol–water partition coefficient (Wildman–Crippen LogP) is 2.24. The molecule has 2 unspecified atom stereocenters. The lowest BCUT2D eigenvalue weighted by atomic mass is 9.96. The van der Waals surface area contributed by atoms with E-state index in [0.29, 0.717) is 6.54 Å². The smallest absolute Gasteiger partial charge is 0.234 e. The number of aromatic nitrogens is 4. The molecule has 5 rings (SSSR count). The normalized spacial score (nSPS) is 20.4. The van der Waals surface area contributed by atoms with Gasteiger partial charge in [-0.1, -0.05) is 12.1 Å². The minimum atomic E-state index is -0.283. The van der Waals surface area contributed by atoms with Gasteiger partial charge >= 0.3 is 0 Å². The van der Waals surface area contributed by atoms with Gasteiger partial charge in [-0.2, -0.15) is 5.10 Å². The van der Waals surface area contributed by atoms with Gasteiger partial charge in [-0.25, -0.2) is 4.98 Å². The number of nitrogens with zero attached hydrogens (tertiary/aromatic N) is 4. The van der Waals surface area contributed by atoms with E-state index < -0.39 is 0 Å². The van der Waals surface area contributed by atoms with E-state index in [4.69, 9.17) is 5.73 Å². The molecule has 0 aliphatic carbocycles. The molecule has 2 aliphatic rings. The number of benzene rings is 1. The molecule has 4 heterocycles. The fourth-order valence-corrected chi connectivity index (χ4v) is 4.92. The van der Waals surface area contributed by atoms with Gasteiger partial charge in [-0.05, 0) is 48.9 Å². The van der Waals surface area contributed by atoms with Crippen LogP contribution in [0.2, 0.25) is 0 Å². The summed E-state index contributed by atoms with van der Waals surface area (Å²) in [7, 11) is 0. The van der Waals surface area contributed by atoms with Crippen molar-refractivity contribution in [1.29, 1.82) is 0 Å². The van der Waals surface area contributed by atoms with Crippen LogP contribution in [0.5, 0.6) is 0 Å². The maximum Gasteiger partial charge on any atom is 0.234 e. The van der Waals surface area contributed by atoms with Gasteiger partial charge in [0, 0.05) is 35.6 Å². The summed E-state index contributed by atoms with van der Waals surface area (Å²) in [5.74, 6) is 2.60. The topological polar surface area (TPSA) is 117 Å². The van der Waals surface area contributed by atoms with Crippen molar-refractivity contribution in [2.24, 2.45) is 5.73 Å². The van der Waals surface area contributed by atoms with E-state index in [2.05, 4.69) is 60.6 Å². The first-order valence-electron chi connectivity index (χ1n) is 10.2. The molecule has 1 aromatic carbocycles. The highest BCUT2D eigenvalue weighted by molar-refractivity contribution is 7.97. The van der Waals surface area contributed by atoms with E-state index >= 15 is 0 Å². The molecule has 1 amide bonds. The summed E-state index contributed by atoms with van der Waals surface area (Å²) in [5.41, 5.74) is 7.66. The Morgan fingerprint density at radius 1 is 1.35 bits per heavy atom. The lowest BCUT2D eigenvalue weighted by Gasteiger charge is -2.27. The number of primary amides is 1. The summed E-state index contributed by atoms with van der Waals surface area (Å²) < 4.78 is 4.19. The molecule has 160 valence electrons. The molecule has 10 heteroatoms. The van der Waals surface area contributed by atoms with E-state index in [-0.39, 0.29) is 17.9 Å². The Morgan fingerprint density at radius 2 is 2.26 bits per heavy atom. The largest absolute Gasteiger partial charge is 0.368 e. The van der Waals surface area contributed by atoms with Crippen LogP contribution in [0.3, 0.4) is 0 Å². The second-order valence-electron chi connectivity index (χ2n) is 7.82. The SMILES string of the molecule is Cc1cc(NC2=CN(Sc3cccc(C4CNC(C(N)=O)C4)c3)Cc3nccn32)n[nH]1. The number of nitrogens with one attached hydrogen (secondary N) is 3. The van der Waals surface area contributed by atoms with Crippen molar-refractivity contribution in [3.63, 3.8) is 0 Å². The Balaban J connectivity index is 1.34. The first kappa shape index (κ1) is 19.7. The number of hydrogen-bond acceptors (Lipinski definition) is 7. The molecule has 2 atom stereocenters. The summed E-state index contributed by atoms with van der Waals surface area (Å²) in [6.45, 7) is 3.41. The molecule has 1 saturated heterocycles. The number of rotatable bonds is 6. The molecule has 2 aliphatic heterocycles. The molecular weight excluding hydrogens is 412 g/mol. The lowest BCUT2D eigenvalue weighted by Crippen LogP contribution is -2.36. The summed E-state index contributed by atoms with van der Waals surface area (Å²) >= 11 is 1.65. The quantitative estimate of drug-likeness (QED) is 0.438. The fourth-order valence-electron chi connectivity index (χ4n) is 3.99. The molecule has 9 nitrogen and oxygen atoms in total. The first-order valence-corrected chi connectivity index (χ1v) is 10.9. The van der Waals surface area contributed by atoms with Crippen LogP contribution in [0, 0.1) is 6.92 Å². The summed E-state index contributed by atoms with van der Waals surface area (Å²) in [5, 5.41) is 13.8. The molecule has 0 radical (unpaired) electrons. The van der Waals surface area contributed by atoms with Gasteiger partial charge < -0.3 is 20.7 Å². The van der Waals surface area contributed by atoms with Crippen LogP contribution in [0.1, 0.15) is 29.4 Å². The second-order valence-corrected chi connectivity index (χ2v) is 8.95. The number of carbonyl (C=O) groups is 1. The molecule has 0 saturated carbocycles. The Morgan fingerprint density at radius 3 is 3.03 bits per heavy atom. The van der Waals surface area contributed by atoms with Gasteiger partial charge in [0.2, 0.25) is 5.91 Å². The van der Waals surface area contributed by atoms with Crippen molar-refractivity contribution < 1.29 is 4.79 Å². The van der Waals surface area contributed by atoms with Crippen LogP contribution < -0.4 is 16.4 Å². The maximum absolute atomic E-state index is 11.5. The number of fused-ring (bicyclic) bond motifs is 1. The number of H-pyrrole nitrogens is 1. The van der Waals surface area contributed by atoms with Crippen LogP contribution in [0.4, 0.5) is 5.82 Å². The van der Waals surface area contributed by atoms with Crippen LogP contribution in [0.15, 0.2) is 53.8 Å². The third-order valence-electron chi connectivity index (χ3n) is 5.53. The monoisotopic (exact) mass is 436 g/mol. The van der Waals surface area contributed by atoms with Gasteiger partial charge in [-0.3, -0.25) is 14.5 Å². The predicted molar refractivity (Wildman–Crippen MR) is 120 cm³/mol. The number of imidazole rings is 1. The van der Waals surface area contributed by atoms with Gasteiger partial charge in [0.15, 0.2) is 5.82 Å². The van der Waals surface area contributed by atoms with Crippen molar-refractivity contribution in [1.82, 2.24) is 29.4 Å². The molecule has 0 bridgehead atoms. The summed E-state index contributed by atoms with van der Waals surface area (Å²) in [6.07, 6.45) is 6.55. The highest BCUT2D eigenvalue weighted by Crippen LogP contribution is 2.33. The van der Waals surface area contributed by atoms with Crippen molar-refractivity contribution in [2.45, 2.75) is 36.7 Å². The van der Waals surface area contributed by atoms with Crippen molar-refractivity contribution in [3.8, 4) is 0 Å². The van der Waals surface area contributed by atoms with Crippen molar-refractivity contribution >= 4 is 29.5 Å². The minimum absolute atomic E-state index is 0.246. The van der Waals surface area contributed by atoms with E-state index in [1.807, 2.05) is 23.8 Å². The number of nitrogens with two attached hydrogens (primary N) is 1. The van der Waals surface area contributed by atoms with Crippen molar-refractivity contribution in [2.75, 3.05) is 11.9 Å². The average molecular weight is 437 g/mol. The van der Waals surface area contributed by atoms with E-state index in [1.165, 1.54) is 5.56 Å². The molecule has 3 aromatic rings. The molecule has 5 N–H and O–H groups in total. The average Bonchev–Trinajstić information content (AvgIpc) is 3.49. The Labute approximate surface area is 184 Å². The third-order valence-corrected chi connectivity index (χ3v) is 6.46. The second kappa shape index (κ2) is 8.12.